The largest absolute Gasteiger partial charge is 0.497 e. The highest BCUT2D eigenvalue weighted by Gasteiger charge is 2.27. The minimum absolute atomic E-state index is 0.0236. The van der Waals surface area contributed by atoms with Gasteiger partial charge in [0.15, 0.2) is 0 Å². The summed E-state index contributed by atoms with van der Waals surface area (Å²) in [6.45, 7) is 5.31. The van der Waals surface area contributed by atoms with Crippen molar-refractivity contribution in [1.82, 2.24) is 14.7 Å². The molecule has 28 heavy (non-hydrogen) atoms. The van der Waals surface area contributed by atoms with E-state index in [1.807, 2.05) is 38.2 Å². The lowest BCUT2D eigenvalue weighted by molar-refractivity contribution is -0.121. The number of aromatic nitrogens is 2. The molecular formula is C21H30N4O3. The van der Waals surface area contributed by atoms with Crippen molar-refractivity contribution in [2.24, 2.45) is 13.0 Å². The molecule has 1 saturated heterocycles. The highest BCUT2D eigenvalue weighted by molar-refractivity contribution is 5.96. The van der Waals surface area contributed by atoms with E-state index in [4.69, 9.17) is 9.47 Å². The van der Waals surface area contributed by atoms with Crippen molar-refractivity contribution in [1.29, 1.82) is 0 Å². The lowest BCUT2D eigenvalue weighted by Crippen LogP contribution is -2.42. The molecule has 1 aromatic carbocycles. The number of nitrogens with one attached hydrogen (secondary N) is 1. The van der Waals surface area contributed by atoms with E-state index in [0.717, 1.165) is 60.9 Å². The summed E-state index contributed by atoms with van der Waals surface area (Å²) in [7, 11) is 5.22. The number of piperidine rings is 1. The Kier molecular flexibility index (Phi) is 6.70. The van der Waals surface area contributed by atoms with E-state index in [2.05, 4.69) is 15.3 Å². The molecule has 2 aromatic rings. The number of aryl methyl sites for hydroxylation is 2. The number of likely N-dealkylation sites (tertiary alicyclic amines) is 1. The maximum absolute atomic E-state index is 13.0. The number of methoxy groups -OCH3 is 2. The van der Waals surface area contributed by atoms with Crippen LogP contribution in [-0.2, 0) is 16.6 Å². The van der Waals surface area contributed by atoms with Crippen LogP contribution in [-0.4, -0.2) is 61.0 Å². The number of benzene rings is 1. The number of rotatable bonds is 7. The van der Waals surface area contributed by atoms with E-state index in [1.165, 1.54) is 0 Å². The zero-order valence-corrected chi connectivity index (χ0v) is 17.2. The summed E-state index contributed by atoms with van der Waals surface area (Å²) >= 11 is 0. The zero-order chi connectivity index (χ0) is 20.1. The third kappa shape index (κ3) is 4.54. The summed E-state index contributed by atoms with van der Waals surface area (Å²) in [4.78, 5) is 15.3. The number of hydrogen-bond acceptors (Lipinski definition) is 5. The fourth-order valence-electron chi connectivity index (χ4n) is 3.82. The van der Waals surface area contributed by atoms with Crippen molar-refractivity contribution in [2.75, 3.05) is 45.8 Å². The molecule has 0 radical (unpaired) electrons. The molecule has 1 atom stereocenters. The first kappa shape index (κ1) is 20.4. The number of hydrogen-bond donors (Lipinski definition) is 1. The van der Waals surface area contributed by atoms with Crippen LogP contribution < -0.4 is 10.1 Å². The van der Waals surface area contributed by atoms with E-state index in [0.29, 0.717) is 6.61 Å². The summed E-state index contributed by atoms with van der Waals surface area (Å²) in [6.07, 6.45) is 1.93. The molecule has 0 aliphatic carbocycles. The van der Waals surface area contributed by atoms with Crippen LogP contribution in [0.2, 0.25) is 0 Å². The Morgan fingerprint density at radius 1 is 1.29 bits per heavy atom. The molecule has 7 heteroatoms. The number of anilines is 1. The van der Waals surface area contributed by atoms with E-state index in [1.54, 1.807) is 18.9 Å². The number of carbonyl (C=O) groups excluding carboxylic acids is 1. The van der Waals surface area contributed by atoms with Crippen LogP contribution in [0.5, 0.6) is 5.75 Å². The van der Waals surface area contributed by atoms with Crippen molar-refractivity contribution in [3.05, 3.63) is 30.0 Å². The van der Waals surface area contributed by atoms with Crippen molar-refractivity contribution in [2.45, 2.75) is 19.8 Å². The van der Waals surface area contributed by atoms with Gasteiger partial charge in [-0.05, 0) is 44.0 Å². The second-order valence-corrected chi connectivity index (χ2v) is 7.28. The monoisotopic (exact) mass is 386 g/mol. The number of carbonyl (C=O) groups is 1. The Labute approximate surface area is 166 Å². The molecule has 0 bridgehead atoms. The van der Waals surface area contributed by atoms with E-state index in [-0.39, 0.29) is 11.8 Å². The standard InChI is InChI=1S/C21H30N4O3/c1-15-19(16-7-9-18(28-4)10-8-16)20(24(2)23-15)22-21(26)17-6-5-11-25(14-17)12-13-27-3/h7-10,17H,5-6,11-14H2,1-4H3,(H,22,26). The minimum Gasteiger partial charge on any atom is -0.497 e. The molecule has 1 amide bonds. The highest BCUT2D eigenvalue weighted by Crippen LogP contribution is 2.32. The van der Waals surface area contributed by atoms with Crippen LogP contribution in [0.4, 0.5) is 5.82 Å². The van der Waals surface area contributed by atoms with Gasteiger partial charge in [-0.2, -0.15) is 5.10 Å². The Morgan fingerprint density at radius 2 is 2.04 bits per heavy atom. The van der Waals surface area contributed by atoms with E-state index >= 15 is 0 Å². The van der Waals surface area contributed by atoms with Crippen LogP contribution >= 0.6 is 0 Å². The fraction of sp³-hybridized carbons (Fsp3) is 0.524. The second kappa shape index (κ2) is 9.21. The average molecular weight is 386 g/mol. The van der Waals surface area contributed by atoms with Gasteiger partial charge in [0.05, 0.1) is 25.3 Å². The second-order valence-electron chi connectivity index (χ2n) is 7.28. The third-order valence-corrected chi connectivity index (χ3v) is 5.33. The van der Waals surface area contributed by atoms with Gasteiger partial charge < -0.3 is 19.7 Å². The van der Waals surface area contributed by atoms with Gasteiger partial charge in [0, 0.05) is 32.8 Å². The van der Waals surface area contributed by atoms with Crippen LogP contribution in [0.3, 0.4) is 0 Å². The molecule has 0 saturated carbocycles. The van der Waals surface area contributed by atoms with Gasteiger partial charge in [0.2, 0.25) is 5.91 Å². The van der Waals surface area contributed by atoms with Gasteiger partial charge in [-0.15, -0.1) is 0 Å². The van der Waals surface area contributed by atoms with Crippen LogP contribution in [0, 0.1) is 12.8 Å². The third-order valence-electron chi connectivity index (χ3n) is 5.33. The fourth-order valence-corrected chi connectivity index (χ4v) is 3.82. The highest BCUT2D eigenvalue weighted by atomic mass is 16.5. The molecule has 1 N–H and O–H groups in total. The van der Waals surface area contributed by atoms with Crippen molar-refractivity contribution < 1.29 is 14.3 Å². The van der Waals surface area contributed by atoms with Gasteiger partial charge >= 0.3 is 0 Å². The van der Waals surface area contributed by atoms with Gasteiger partial charge in [-0.1, -0.05) is 12.1 Å². The quantitative estimate of drug-likeness (QED) is 0.792. The first-order valence-electron chi connectivity index (χ1n) is 9.73. The van der Waals surface area contributed by atoms with Crippen LogP contribution in [0.1, 0.15) is 18.5 Å². The van der Waals surface area contributed by atoms with Crippen molar-refractivity contribution >= 4 is 11.7 Å². The smallest absolute Gasteiger partial charge is 0.229 e. The van der Waals surface area contributed by atoms with Crippen LogP contribution in [0.25, 0.3) is 11.1 Å². The van der Waals surface area contributed by atoms with Gasteiger partial charge in [0.1, 0.15) is 11.6 Å². The Bertz CT molecular complexity index is 801. The van der Waals surface area contributed by atoms with Gasteiger partial charge in [-0.3, -0.25) is 9.48 Å². The molecule has 1 fully saturated rings. The van der Waals surface area contributed by atoms with Crippen molar-refractivity contribution in [3.8, 4) is 16.9 Å². The molecule has 152 valence electrons. The Morgan fingerprint density at radius 3 is 2.71 bits per heavy atom. The summed E-state index contributed by atoms with van der Waals surface area (Å²) in [5.41, 5.74) is 2.84. The average Bonchev–Trinajstić information content (AvgIpc) is 2.99. The SMILES string of the molecule is COCCN1CCCC(C(=O)Nc2c(-c3ccc(OC)cc3)c(C)nn2C)C1. The lowest BCUT2D eigenvalue weighted by atomic mass is 9.97. The van der Waals surface area contributed by atoms with Crippen molar-refractivity contribution in [3.63, 3.8) is 0 Å². The molecule has 1 aromatic heterocycles. The van der Waals surface area contributed by atoms with Crippen LogP contribution in [0.15, 0.2) is 24.3 Å². The molecule has 3 rings (SSSR count). The maximum Gasteiger partial charge on any atom is 0.229 e. The predicted molar refractivity (Wildman–Crippen MR) is 110 cm³/mol. The zero-order valence-electron chi connectivity index (χ0n) is 17.2. The maximum atomic E-state index is 13.0. The molecule has 7 nitrogen and oxygen atoms in total. The summed E-state index contributed by atoms with van der Waals surface area (Å²) in [5.74, 6) is 1.57. The molecule has 1 aliphatic rings. The molecule has 2 heterocycles. The Balaban J connectivity index is 1.77. The van der Waals surface area contributed by atoms with E-state index in [9.17, 15) is 4.79 Å². The van der Waals surface area contributed by atoms with E-state index < -0.39 is 0 Å². The molecule has 1 unspecified atom stereocenters. The van der Waals surface area contributed by atoms with Gasteiger partial charge in [0.25, 0.3) is 0 Å². The summed E-state index contributed by atoms with van der Waals surface area (Å²) in [6, 6.07) is 7.82. The number of ether oxygens (including phenoxy) is 2. The molecular weight excluding hydrogens is 356 g/mol. The first-order chi connectivity index (χ1) is 13.5. The minimum atomic E-state index is -0.0236. The summed E-state index contributed by atoms with van der Waals surface area (Å²) < 4.78 is 12.2. The molecule has 0 spiro atoms. The summed E-state index contributed by atoms with van der Waals surface area (Å²) in [5, 5.41) is 7.67. The number of amides is 1. The Hall–Kier alpha value is -2.38. The topological polar surface area (TPSA) is 68.6 Å². The van der Waals surface area contributed by atoms with Gasteiger partial charge in [-0.25, -0.2) is 0 Å². The number of nitrogens with zero attached hydrogens (tertiary/aromatic N) is 3. The first-order valence-corrected chi connectivity index (χ1v) is 9.73. The normalized spacial score (nSPS) is 17.5. The lowest BCUT2D eigenvalue weighted by Gasteiger charge is -2.31. The molecule has 1 aliphatic heterocycles. The predicted octanol–water partition coefficient (Wildman–Crippen LogP) is 2.70.